The summed E-state index contributed by atoms with van der Waals surface area (Å²) >= 11 is 0. The number of hydrogen-bond acceptors (Lipinski definition) is 4. The van der Waals surface area contributed by atoms with E-state index in [0.717, 1.165) is 0 Å². The van der Waals surface area contributed by atoms with Gasteiger partial charge in [-0.1, -0.05) is 20.8 Å². The van der Waals surface area contributed by atoms with Gasteiger partial charge in [0.15, 0.2) is 0 Å². The molecule has 0 saturated heterocycles. The molecule has 0 saturated carbocycles. The number of carboxylic acids is 1. The van der Waals surface area contributed by atoms with Crippen molar-refractivity contribution < 1.29 is 14.6 Å². The first-order valence-corrected chi connectivity index (χ1v) is 5.61. The number of ether oxygens (including phenoxy) is 1. The maximum atomic E-state index is 12.1. The lowest BCUT2D eigenvalue weighted by Gasteiger charge is -2.20. The number of methoxy groups -OCH3 is 1. The summed E-state index contributed by atoms with van der Waals surface area (Å²) in [5, 5.41) is 9.18. The Bertz CT molecular complexity index is 500. The molecule has 0 amide bonds. The van der Waals surface area contributed by atoms with E-state index >= 15 is 0 Å². The second kappa shape index (κ2) is 5.30. The number of hydrogen-bond donors (Lipinski definition) is 1. The van der Waals surface area contributed by atoms with Gasteiger partial charge in [-0.3, -0.25) is 9.36 Å². The third-order valence-corrected chi connectivity index (χ3v) is 2.50. The van der Waals surface area contributed by atoms with Crippen LogP contribution in [0.5, 0.6) is 0 Å². The van der Waals surface area contributed by atoms with Crippen molar-refractivity contribution in [1.29, 1.82) is 0 Å². The first-order chi connectivity index (χ1) is 8.29. The Morgan fingerprint density at radius 3 is 2.56 bits per heavy atom. The molecule has 1 N–H and O–H groups in total. The molecule has 0 aliphatic heterocycles. The molecule has 0 unspecified atom stereocenters. The smallest absolute Gasteiger partial charge is 0.343 e. The van der Waals surface area contributed by atoms with Crippen LogP contribution < -0.4 is 5.56 Å². The first kappa shape index (κ1) is 14.4. The summed E-state index contributed by atoms with van der Waals surface area (Å²) in [5.41, 5.74) is -0.998. The van der Waals surface area contributed by atoms with E-state index in [1.54, 1.807) is 0 Å². The van der Waals surface area contributed by atoms with Crippen LogP contribution in [0.1, 0.15) is 36.8 Å². The van der Waals surface area contributed by atoms with Crippen molar-refractivity contribution in [3.05, 3.63) is 27.9 Å². The molecule has 6 nitrogen and oxygen atoms in total. The summed E-state index contributed by atoms with van der Waals surface area (Å²) in [5.74, 6) is -1.25. The molecule has 1 aromatic rings. The van der Waals surface area contributed by atoms with Crippen LogP contribution in [-0.4, -0.2) is 34.3 Å². The maximum absolute atomic E-state index is 12.1. The Morgan fingerprint density at radius 1 is 1.50 bits per heavy atom. The van der Waals surface area contributed by atoms with Gasteiger partial charge in [-0.2, -0.15) is 0 Å². The summed E-state index contributed by atoms with van der Waals surface area (Å²) < 4.78 is 6.12. The second-order valence-corrected chi connectivity index (χ2v) is 5.01. The monoisotopic (exact) mass is 254 g/mol. The quantitative estimate of drug-likeness (QED) is 0.862. The standard InChI is InChI=1S/C12H18N2O4/c1-12(2,3)9-8(11(16)17)10(15)14(7-13-9)5-6-18-4/h7H,5-6H2,1-4H3,(H,16,17). The minimum atomic E-state index is -1.25. The highest BCUT2D eigenvalue weighted by Crippen LogP contribution is 2.21. The lowest BCUT2D eigenvalue weighted by atomic mass is 9.89. The van der Waals surface area contributed by atoms with Crippen molar-refractivity contribution in [3.63, 3.8) is 0 Å². The summed E-state index contributed by atoms with van der Waals surface area (Å²) in [4.78, 5) is 27.4. The molecule has 1 aromatic heterocycles. The van der Waals surface area contributed by atoms with E-state index in [1.165, 1.54) is 18.0 Å². The molecule has 18 heavy (non-hydrogen) atoms. The molecular formula is C12H18N2O4. The average molecular weight is 254 g/mol. The zero-order valence-electron chi connectivity index (χ0n) is 11.1. The van der Waals surface area contributed by atoms with E-state index in [0.29, 0.717) is 12.3 Å². The van der Waals surface area contributed by atoms with Gasteiger partial charge < -0.3 is 9.84 Å². The highest BCUT2D eigenvalue weighted by molar-refractivity contribution is 5.88. The normalized spacial score (nSPS) is 11.6. The number of rotatable bonds is 4. The Kier molecular flexibility index (Phi) is 4.24. The Labute approximate surface area is 105 Å². The van der Waals surface area contributed by atoms with E-state index in [9.17, 15) is 14.7 Å². The predicted molar refractivity (Wildman–Crippen MR) is 66.0 cm³/mol. The molecule has 0 aliphatic rings. The van der Waals surface area contributed by atoms with Crippen molar-refractivity contribution in [2.24, 2.45) is 0 Å². The molecule has 0 radical (unpaired) electrons. The van der Waals surface area contributed by atoms with Crippen molar-refractivity contribution in [2.45, 2.75) is 32.7 Å². The van der Waals surface area contributed by atoms with Crippen LogP contribution >= 0.6 is 0 Å². The molecule has 0 aliphatic carbocycles. The SMILES string of the molecule is COCCn1cnc(C(C)(C)C)c(C(=O)O)c1=O. The van der Waals surface area contributed by atoms with E-state index in [-0.39, 0.29) is 12.1 Å². The Balaban J connectivity index is 3.39. The van der Waals surface area contributed by atoms with Gasteiger partial charge in [0.05, 0.1) is 25.2 Å². The fourth-order valence-electron chi connectivity index (χ4n) is 1.60. The Hall–Kier alpha value is -1.69. The van der Waals surface area contributed by atoms with Crippen molar-refractivity contribution in [2.75, 3.05) is 13.7 Å². The number of carbonyl (C=O) groups is 1. The minimum Gasteiger partial charge on any atom is -0.477 e. The van der Waals surface area contributed by atoms with Gasteiger partial charge in [-0.05, 0) is 0 Å². The largest absolute Gasteiger partial charge is 0.477 e. The van der Waals surface area contributed by atoms with E-state index in [1.807, 2.05) is 20.8 Å². The van der Waals surface area contributed by atoms with Crippen molar-refractivity contribution in [1.82, 2.24) is 9.55 Å². The van der Waals surface area contributed by atoms with Gasteiger partial charge in [0, 0.05) is 12.5 Å². The molecule has 1 rings (SSSR count). The summed E-state index contributed by atoms with van der Waals surface area (Å²) in [6, 6.07) is 0. The van der Waals surface area contributed by atoms with Crippen molar-refractivity contribution >= 4 is 5.97 Å². The predicted octanol–water partition coefficient (Wildman–Crippen LogP) is 0.885. The number of nitrogens with zero attached hydrogens (tertiary/aromatic N) is 2. The topological polar surface area (TPSA) is 81.4 Å². The van der Waals surface area contributed by atoms with Gasteiger partial charge in [-0.15, -0.1) is 0 Å². The zero-order chi connectivity index (χ0) is 13.9. The molecule has 100 valence electrons. The van der Waals surface area contributed by atoms with Crippen LogP contribution in [0.2, 0.25) is 0 Å². The fourth-order valence-corrected chi connectivity index (χ4v) is 1.60. The summed E-state index contributed by atoms with van der Waals surface area (Å²) in [7, 11) is 1.51. The van der Waals surface area contributed by atoms with Gasteiger partial charge in [0.25, 0.3) is 5.56 Å². The average Bonchev–Trinajstić information content (AvgIpc) is 2.25. The maximum Gasteiger partial charge on any atom is 0.343 e. The molecule has 0 atom stereocenters. The molecule has 1 heterocycles. The fraction of sp³-hybridized carbons (Fsp3) is 0.583. The summed E-state index contributed by atoms with van der Waals surface area (Å²) in [6.45, 7) is 6.07. The highest BCUT2D eigenvalue weighted by Gasteiger charge is 2.27. The molecular weight excluding hydrogens is 236 g/mol. The highest BCUT2D eigenvalue weighted by atomic mass is 16.5. The zero-order valence-corrected chi connectivity index (χ0v) is 11.1. The lowest BCUT2D eigenvalue weighted by Crippen LogP contribution is -2.33. The van der Waals surface area contributed by atoms with Gasteiger partial charge in [0.2, 0.25) is 0 Å². The first-order valence-electron chi connectivity index (χ1n) is 5.61. The molecule has 0 spiro atoms. The van der Waals surface area contributed by atoms with E-state index < -0.39 is 16.9 Å². The van der Waals surface area contributed by atoms with Crippen molar-refractivity contribution in [3.8, 4) is 0 Å². The molecule has 0 aromatic carbocycles. The van der Waals surface area contributed by atoms with Crippen LogP contribution in [0.15, 0.2) is 11.1 Å². The molecule has 0 fully saturated rings. The number of aromatic nitrogens is 2. The van der Waals surface area contributed by atoms with Crippen LogP contribution in [0.3, 0.4) is 0 Å². The molecule has 6 heteroatoms. The van der Waals surface area contributed by atoms with E-state index in [4.69, 9.17) is 4.74 Å². The van der Waals surface area contributed by atoms with Gasteiger partial charge in [-0.25, -0.2) is 9.78 Å². The number of carboxylic acid groups (broad SMARTS) is 1. The van der Waals surface area contributed by atoms with Gasteiger partial charge >= 0.3 is 5.97 Å². The minimum absolute atomic E-state index is 0.263. The number of aromatic carboxylic acids is 1. The van der Waals surface area contributed by atoms with Crippen LogP contribution in [0.4, 0.5) is 0 Å². The van der Waals surface area contributed by atoms with Crippen LogP contribution in [0.25, 0.3) is 0 Å². The molecule has 0 bridgehead atoms. The third kappa shape index (κ3) is 2.95. The lowest BCUT2D eigenvalue weighted by molar-refractivity contribution is 0.0690. The van der Waals surface area contributed by atoms with Crippen LogP contribution in [-0.2, 0) is 16.7 Å². The summed E-state index contributed by atoms with van der Waals surface area (Å²) in [6.07, 6.45) is 1.37. The van der Waals surface area contributed by atoms with E-state index in [2.05, 4.69) is 4.98 Å². The van der Waals surface area contributed by atoms with Crippen LogP contribution in [0, 0.1) is 0 Å². The van der Waals surface area contributed by atoms with Gasteiger partial charge in [0.1, 0.15) is 5.56 Å². The third-order valence-electron chi connectivity index (χ3n) is 2.50. The Morgan fingerprint density at radius 2 is 2.11 bits per heavy atom. The second-order valence-electron chi connectivity index (χ2n) is 5.01.